The molecule has 0 radical (unpaired) electrons. The topological polar surface area (TPSA) is 183 Å². The Hall–Kier alpha value is -3.22. The van der Waals surface area contributed by atoms with E-state index in [0.29, 0.717) is 32.2 Å². The quantitative estimate of drug-likeness (QED) is 0.161. The third-order valence-electron chi connectivity index (χ3n) is 6.33. The maximum absolute atomic E-state index is 13.9. The van der Waals surface area contributed by atoms with E-state index in [1.54, 1.807) is 24.3 Å². The van der Waals surface area contributed by atoms with E-state index in [9.17, 15) is 23.1 Å². The fourth-order valence-electron chi connectivity index (χ4n) is 4.55. The van der Waals surface area contributed by atoms with Crippen molar-refractivity contribution in [3.05, 3.63) is 42.5 Å². The summed E-state index contributed by atoms with van der Waals surface area (Å²) >= 11 is 0. The van der Waals surface area contributed by atoms with Crippen LogP contribution in [0.15, 0.2) is 47.4 Å². The minimum Gasteiger partial charge on any atom is -0.391 e. The van der Waals surface area contributed by atoms with Crippen molar-refractivity contribution in [2.24, 2.45) is 11.5 Å². The van der Waals surface area contributed by atoms with E-state index >= 15 is 0 Å². The summed E-state index contributed by atoms with van der Waals surface area (Å²) in [6.07, 6.45) is 0.402. The maximum atomic E-state index is 13.9. The lowest BCUT2D eigenvalue weighted by atomic mass is 10.1. The van der Waals surface area contributed by atoms with Crippen molar-refractivity contribution in [1.82, 2.24) is 14.5 Å². The summed E-state index contributed by atoms with van der Waals surface area (Å²) in [6, 6.07) is 9.75. The van der Waals surface area contributed by atoms with E-state index in [0.717, 1.165) is 15.1 Å². The monoisotopic (exact) mass is 518 g/mol. The summed E-state index contributed by atoms with van der Waals surface area (Å²) in [7, 11) is -4.23. The van der Waals surface area contributed by atoms with Crippen LogP contribution in [0.1, 0.15) is 32.6 Å². The number of carbonyl (C=O) groups is 2. The first-order valence-electron chi connectivity index (χ1n) is 11.9. The van der Waals surface area contributed by atoms with Gasteiger partial charge in [-0.2, -0.15) is 4.31 Å². The Kier molecular flexibility index (Phi) is 8.88. The molecule has 1 fully saturated rings. The maximum Gasteiger partial charge on any atom is 0.244 e. The van der Waals surface area contributed by atoms with Crippen molar-refractivity contribution in [1.29, 1.82) is 5.41 Å². The zero-order chi connectivity index (χ0) is 26.5. The second kappa shape index (κ2) is 11.7. The van der Waals surface area contributed by atoms with E-state index in [-0.39, 0.29) is 23.9 Å². The van der Waals surface area contributed by atoms with Crippen LogP contribution >= 0.6 is 0 Å². The number of nitrogens with two attached hydrogens (primary N) is 2. The minimum atomic E-state index is -4.23. The number of sulfonamides is 1. The molecule has 1 heterocycles. The normalized spacial score (nSPS) is 17.8. The van der Waals surface area contributed by atoms with Gasteiger partial charge in [-0.1, -0.05) is 30.3 Å². The predicted molar refractivity (Wildman–Crippen MR) is 136 cm³/mol. The van der Waals surface area contributed by atoms with Crippen molar-refractivity contribution in [2.75, 3.05) is 19.6 Å². The van der Waals surface area contributed by atoms with Gasteiger partial charge in [-0.25, -0.2) is 8.42 Å². The van der Waals surface area contributed by atoms with Gasteiger partial charge in [0.1, 0.15) is 12.1 Å². The van der Waals surface area contributed by atoms with Crippen molar-refractivity contribution < 1.29 is 23.1 Å². The average Bonchev–Trinajstić information content (AvgIpc) is 3.32. The molecule has 1 aliphatic rings. The van der Waals surface area contributed by atoms with Crippen molar-refractivity contribution >= 4 is 38.6 Å². The summed E-state index contributed by atoms with van der Waals surface area (Å²) in [5, 5.41) is 22.2. The molecule has 0 spiro atoms. The number of carbonyl (C=O) groups excluding carboxylic acids is 2. The number of hydrogen-bond donors (Lipinski definition) is 5. The van der Waals surface area contributed by atoms with E-state index < -0.39 is 40.0 Å². The number of rotatable bonds is 11. The molecule has 3 atom stereocenters. The molecule has 196 valence electrons. The lowest BCUT2D eigenvalue weighted by Crippen LogP contribution is -2.58. The van der Waals surface area contributed by atoms with Gasteiger partial charge in [-0.05, 0) is 55.5 Å². The van der Waals surface area contributed by atoms with Gasteiger partial charge < -0.3 is 26.8 Å². The van der Waals surface area contributed by atoms with E-state index in [1.165, 1.54) is 17.9 Å². The molecule has 36 heavy (non-hydrogen) atoms. The van der Waals surface area contributed by atoms with Crippen LogP contribution in [0.5, 0.6) is 0 Å². The summed E-state index contributed by atoms with van der Waals surface area (Å²) in [5.74, 6) is -1.51. The Morgan fingerprint density at radius 2 is 1.89 bits per heavy atom. The Balaban J connectivity index is 1.98. The number of primary amides is 1. The molecule has 2 aromatic rings. The van der Waals surface area contributed by atoms with Crippen LogP contribution in [0, 0.1) is 5.41 Å². The van der Waals surface area contributed by atoms with Crippen molar-refractivity contribution in [2.45, 2.75) is 55.7 Å². The van der Waals surface area contributed by atoms with Gasteiger partial charge in [-0.3, -0.25) is 15.0 Å². The molecule has 0 unspecified atom stereocenters. The zero-order valence-electron chi connectivity index (χ0n) is 20.3. The number of hydrogen-bond acceptors (Lipinski definition) is 6. The van der Waals surface area contributed by atoms with Crippen LogP contribution in [0.2, 0.25) is 0 Å². The molecule has 0 aliphatic carbocycles. The number of amides is 2. The fraction of sp³-hybridized carbons (Fsp3) is 0.458. The number of aliphatic hydroxyl groups is 1. The van der Waals surface area contributed by atoms with Gasteiger partial charge in [0.15, 0.2) is 5.96 Å². The average molecular weight is 519 g/mol. The number of nitrogens with zero attached hydrogens (tertiary/aromatic N) is 2. The molecular weight excluding hydrogens is 484 g/mol. The molecule has 0 bridgehead atoms. The Bertz CT molecular complexity index is 1220. The SMILES string of the molecule is C[C@@H](O)[C@@H](C(=O)N1CCC[C@H]1C(N)=O)N(CCCCNC(=N)N)S(=O)(=O)c1ccc2ccccc2c1. The summed E-state index contributed by atoms with van der Waals surface area (Å²) in [4.78, 5) is 26.8. The van der Waals surface area contributed by atoms with Gasteiger partial charge >= 0.3 is 0 Å². The molecule has 2 amide bonds. The summed E-state index contributed by atoms with van der Waals surface area (Å²) in [5.41, 5.74) is 10.8. The van der Waals surface area contributed by atoms with E-state index in [2.05, 4.69) is 5.32 Å². The molecule has 1 saturated heterocycles. The highest BCUT2D eigenvalue weighted by molar-refractivity contribution is 7.89. The Morgan fingerprint density at radius 3 is 2.53 bits per heavy atom. The highest BCUT2D eigenvalue weighted by Gasteiger charge is 2.44. The molecule has 0 aromatic heterocycles. The molecule has 7 N–H and O–H groups in total. The summed E-state index contributed by atoms with van der Waals surface area (Å²) < 4.78 is 28.8. The van der Waals surface area contributed by atoms with Crippen LogP contribution in [0.4, 0.5) is 0 Å². The molecule has 12 heteroatoms. The second-order valence-electron chi connectivity index (χ2n) is 8.95. The van der Waals surface area contributed by atoms with Crippen LogP contribution < -0.4 is 16.8 Å². The van der Waals surface area contributed by atoms with E-state index in [1.807, 2.05) is 12.1 Å². The number of fused-ring (bicyclic) bond motifs is 1. The second-order valence-corrected chi connectivity index (χ2v) is 10.8. The lowest BCUT2D eigenvalue weighted by Gasteiger charge is -2.35. The lowest BCUT2D eigenvalue weighted by molar-refractivity contribution is -0.143. The van der Waals surface area contributed by atoms with Gasteiger partial charge in [0, 0.05) is 19.6 Å². The molecule has 11 nitrogen and oxygen atoms in total. The van der Waals surface area contributed by atoms with E-state index in [4.69, 9.17) is 16.9 Å². The predicted octanol–water partition coefficient (Wildman–Crippen LogP) is 0.319. The zero-order valence-corrected chi connectivity index (χ0v) is 21.1. The minimum absolute atomic E-state index is 0.00520. The van der Waals surface area contributed by atoms with Crippen LogP contribution in [0.3, 0.4) is 0 Å². The molecule has 3 rings (SSSR count). The first kappa shape index (κ1) is 27.4. The van der Waals surface area contributed by atoms with Gasteiger partial charge in [0.2, 0.25) is 21.8 Å². The molecule has 0 saturated carbocycles. The number of benzene rings is 2. The highest BCUT2D eigenvalue weighted by atomic mass is 32.2. The number of likely N-dealkylation sites (tertiary alicyclic amines) is 1. The highest BCUT2D eigenvalue weighted by Crippen LogP contribution is 2.27. The smallest absolute Gasteiger partial charge is 0.244 e. The van der Waals surface area contributed by atoms with Gasteiger partial charge in [0.05, 0.1) is 11.0 Å². The fourth-order valence-corrected chi connectivity index (χ4v) is 6.28. The number of guanidine groups is 1. The number of aliphatic hydroxyl groups excluding tert-OH is 1. The van der Waals surface area contributed by atoms with Crippen LogP contribution in [-0.4, -0.2) is 78.3 Å². The first-order valence-corrected chi connectivity index (χ1v) is 13.3. The Morgan fingerprint density at radius 1 is 1.19 bits per heavy atom. The van der Waals surface area contributed by atoms with Crippen LogP contribution in [-0.2, 0) is 19.6 Å². The standard InChI is InChI=1S/C24H34N6O5S/c1-16(31)21(23(33)29-13-6-9-20(29)22(25)32)30(14-5-4-12-28-24(26)27)36(34,35)19-11-10-17-7-2-3-8-18(17)15-19/h2-3,7-8,10-11,15-16,20-21,31H,4-6,9,12-14H2,1H3,(H2,25,32)(H4,26,27,28)/t16-,20+,21+/m1/s1. The number of nitrogens with one attached hydrogen (secondary N) is 2. The van der Waals surface area contributed by atoms with Gasteiger partial charge in [0.25, 0.3) is 0 Å². The van der Waals surface area contributed by atoms with Crippen molar-refractivity contribution in [3.8, 4) is 0 Å². The third kappa shape index (κ3) is 6.12. The van der Waals surface area contributed by atoms with Crippen molar-refractivity contribution in [3.63, 3.8) is 0 Å². The molecular formula is C24H34N6O5S. The largest absolute Gasteiger partial charge is 0.391 e. The van der Waals surface area contributed by atoms with Gasteiger partial charge in [-0.15, -0.1) is 0 Å². The molecule has 2 aromatic carbocycles. The summed E-state index contributed by atoms with van der Waals surface area (Å²) in [6.45, 7) is 1.90. The first-order chi connectivity index (χ1) is 17.0. The third-order valence-corrected chi connectivity index (χ3v) is 8.21. The Labute approximate surface area is 211 Å². The van der Waals surface area contributed by atoms with Crippen LogP contribution in [0.25, 0.3) is 10.8 Å². The molecule has 1 aliphatic heterocycles. The number of unbranched alkanes of at least 4 members (excludes halogenated alkanes) is 1.